The molecule has 0 aliphatic heterocycles. The number of rotatable bonds is 4. The van der Waals surface area contributed by atoms with Crippen molar-refractivity contribution in [2.24, 2.45) is 0 Å². The van der Waals surface area contributed by atoms with Crippen LogP contribution in [0.2, 0.25) is 0 Å². The molecule has 0 aromatic carbocycles. The Kier molecular flexibility index (Phi) is 3.17. The highest BCUT2D eigenvalue weighted by Crippen LogP contribution is 2.21. The number of carboxylic acids is 1. The Labute approximate surface area is 89.3 Å². The number of carboxylic acid groups (broad SMARTS) is 1. The van der Waals surface area contributed by atoms with Gasteiger partial charge >= 0.3 is 11.7 Å². The molecule has 0 atom stereocenters. The maximum atomic E-state index is 12.0. The van der Waals surface area contributed by atoms with Crippen LogP contribution in [0.4, 0.5) is 14.5 Å². The lowest BCUT2D eigenvalue weighted by molar-refractivity contribution is 0.0697. The number of aryl methyl sites for hydroxylation is 1. The number of aromatic carboxylic acids is 1. The van der Waals surface area contributed by atoms with E-state index in [1.165, 1.54) is 11.6 Å². The average molecular weight is 254 g/mol. The number of alkyl halides is 2. The fraction of sp³-hybridized carbons (Fsp3) is 0.286. The summed E-state index contributed by atoms with van der Waals surface area (Å²) in [5, 5.41) is 8.73. The van der Waals surface area contributed by atoms with Gasteiger partial charge in [0.05, 0.1) is 5.69 Å². The molecule has 0 saturated carbocycles. The van der Waals surface area contributed by atoms with E-state index < -0.39 is 27.4 Å². The monoisotopic (exact) mass is 254 g/mol. The molecule has 0 fully saturated rings. The Balaban J connectivity index is 3.13. The van der Waals surface area contributed by atoms with Gasteiger partial charge < -0.3 is 10.1 Å². The van der Waals surface area contributed by atoms with E-state index in [1.807, 2.05) is 0 Å². The molecule has 1 rings (SSSR count). The van der Waals surface area contributed by atoms with Crippen molar-refractivity contribution in [3.63, 3.8) is 0 Å². The number of hydrogen-bond acceptors (Lipinski definition) is 3. The van der Waals surface area contributed by atoms with Gasteiger partial charge in [0.15, 0.2) is 0 Å². The lowest BCUT2D eigenvalue weighted by Gasteiger charge is -2.05. The van der Waals surface area contributed by atoms with Crippen molar-refractivity contribution < 1.29 is 27.1 Å². The lowest BCUT2D eigenvalue weighted by atomic mass is 10.2. The highest BCUT2D eigenvalue weighted by atomic mass is 32.2. The van der Waals surface area contributed by atoms with Crippen LogP contribution in [0.3, 0.4) is 0 Å². The van der Waals surface area contributed by atoms with Crippen LogP contribution in [0.25, 0.3) is 0 Å². The number of aromatic nitrogens is 1. The topological polar surface area (TPSA) is 99.3 Å². The second-order valence-corrected chi connectivity index (χ2v) is 4.57. The van der Waals surface area contributed by atoms with Crippen LogP contribution in [0.15, 0.2) is 6.20 Å². The van der Waals surface area contributed by atoms with Crippen molar-refractivity contribution in [2.75, 3.05) is 4.72 Å². The molecule has 0 aliphatic rings. The van der Waals surface area contributed by atoms with E-state index in [9.17, 15) is 22.0 Å². The normalized spacial score (nSPS) is 11.8. The predicted octanol–water partition coefficient (Wildman–Crippen LogP) is 0.986. The number of hydrogen-bond donors (Lipinski definition) is 3. The molecule has 90 valence electrons. The molecule has 3 N–H and O–H groups in total. The van der Waals surface area contributed by atoms with Crippen LogP contribution >= 0.6 is 0 Å². The number of sulfonamides is 1. The molecular formula is C7H8F2N2O4S. The smallest absolute Gasteiger partial charge is 0.355 e. The van der Waals surface area contributed by atoms with Gasteiger partial charge in [-0.2, -0.15) is 8.78 Å². The van der Waals surface area contributed by atoms with E-state index >= 15 is 0 Å². The van der Waals surface area contributed by atoms with Gasteiger partial charge in [0.2, 0.25) is 0 Å². The van der Waals surface area contributed by atoms with E-state index in [1.54, 1.807) is 0 Å². The van der Waals surface area contributed by atoms with Gasteiger partial charge in [-0.3, -0.25) is 4.72 Å². The first-order chi connectivity index (χ1) is 7.25. The highest BCUT2D eigenvalue weighted by Gasteiger charge is 2.27. The average Bonchev–Trinajstić information content (AvgIpc) is 2.45. The summed E-state index contributed by atoms with van der Waals surface area (Å²) in [6.07, 6.45) is 0.999. The highest BCUT2D eigenvalue weighted by molar-refractivity contribution is 7.93. The number of anilines is 1. The summed E-state index contributed by atoms with van der Waals surface area (Å²) in [7, 11) is -4.86. The Hall–Kier alpha value is -1.64. The van der Waals surface area contributed by atoms with Gasteiger partial charge in [0.25, 0.3) is 10.0 Å². The zero-order chi connectivity index (χ0) is 12.5. The zero-order valence-corrected chi connectivity index (χ0v) is 8.81. The molecule has 6 nitrogen and oxygen atoms in total. The quantitative estimate of drug-likeness (QED) is 0.745. The predicted molar refractivity (Wildman–Crippen MR) is 51.0 cm³/mol. The van der Waals surface area contributed by atoms with E-state index in [-0.39, 0.29) is 11.3 Å². The molecule has 9 heteroatoms. The Morgan fingerprint density at radius 2 is 2.12 bits per heavy atom. The minimum absolute atomic E-state index is 0.166. The fourth-order valence-corrected chi connectivity index (χ4v) is 1.64. The van der Waals surface area contributed by atoms with E-state index in [0.717, 1.165) is 6.20 Å². The van der Waals surface area contributed by atoms with Crippen molar-refractivity contribution in [1.82, 2.24) is 4.98 Å². The Morgan fingerprint density at radius 1 is 1.56 bits per heavy atom. The lowest BCUT2D eigenvalue weighted by Crippen LogP contribution is -2.21. The van der Waals surface area contributed by atoms with Crippen LogP contribution in [0.1, 0.15) is 16.1 Å². The van der Waals surface area contributed by atoms with Gasteiger partial charge in [-0.05, 0) is 6.92 Å². The maximum absolute atomic E-state index is 12.0. The number of aromatic amines is 1. The summed E-state index contributed by atoms with van der Waals surface area (Å²) in [4.78, 5) is 13.1. The van der Waals surface area contributed by atoms with Crippen LogP contribution in [0, 0.1) is 6.92 Å². The number of carbonyl (C=O) groups is 1. The largest absolute Gasteiger partial charge is 0.478 e. The summed E-state index contributed by atoms with van der Waals surface area (Å²) in [5.74, 6) is -5.03. The van der Waals surface area contributed by atoms with E-state index in [2.05, 4.69) is 4.98 Å². The molecule has 0 spiro atoms. The SMILES string of the molecule is Cc1[nH]cc(NS(=O)(=O)C(F)F)c1C(=O)O. The molecule has 0 unspecified atom stereocenters. The minimum Gasteiger partial charge on any atom is -0.478 e. The van der Waals surface area contributed by atoms with Gasteiger partial charge in [-0.15, -0.1) is 0 Å². The van der Waals surface area contributed by atoms with Gasteiger partial charge in [0.1, 0.15) is 5.56 Å². The van der Waals surface area contributed by atoms with Crippen LogP contribution in [-0.2, 0) is 10.0 Å². The molecule has 16 heavy (non-hydrogen) atoms. The van der Waals surface area contributed by atoms with E-state index in [0.29, 0.717) is 0 Å². The molecule has 0 radical (unpaired) electrons. The third kappa shape index (κ3) is 2.30. The summed E-state index contributed by atoms with van der Waals surface area (Å²) in [6, 6.07) is 0. The Morgan fingerprint density at radius 3 is 2.56 bits per heavy atom. The van der Waals surface area contributed by atoms with Crippen molar-refractivity contribution in [1.29, 1.82) is 0 Å². The first-order valence-corrected chi connectivity index (χ1v) is 5.51. The standard InChI is InChI=1S/C7H8F2N2O4S/c1-3-5(6(12)13)4(2-10-3)11-16(14,15)7(8)9/h2,7,10-11H,1H3,(H,12,13). The second kappa shape index (κ2) is 4.08. The summed E-state index contributed by atoms with van der Waals surface area (Å²) in [5.41, 5.74) is -0.631. The number of H-pyrrole nitrogens is 1. The first-order valence-electron chi connectivity index (χ1n) is 3.96. The molecule has 0 amide bonds. The second-order valence-electron chi connectivity index (χ2n) is 2.92. The van der Waals surface area contributed by atoms with Crippen molar-refractivity contribution in [2.45, 2.75) is 12.7 Å². The van der Waals surface area contributed by atoms with Crippen molar-refractivity contribution >= 4 is 21.7 Å². The Bertz CT molecular complexity index is 508. The molecule has 0 aliphatic carbocycles. The first kappa shape index (κ1) is 12.4. The minimum atomic E-state index is -4.86. The fourth-order valence-electron chi connectivity index (χ4n) is 1.08. The molecule has 1 aromatic heterocycles. The number of nitrogens with one attached hydrogen (secondary N) is 2. The maximum Gasteiger partial charge on any atom is 0.355 e. The summed E-state index contributed by atoms with van der Waals surface area (Å²) in [6.45, 7) is 1.38. The molecule has 0 saturated heterocycles. The van der Waals surface area contributed by atoms with Crippen LogP contribution < -0.4 is 4.72 Å². The van der Waals surface area contributed by atoms with Crippen molar-refractivity contribution in [3.8, 4) is 0 Å². The third-order valence-electron chi connectivity index (χ3n) is 1.78. The molecule has 0 bridgehead atoms. The summed E-state index contributed by atoms with van der Waals surface area (Å²) >= 11 is 0. The van der Waals surface area contributed by atoms with Gasteiger partial charge in [-0.1, -0.05) is 0 Å². The van der Waals surface area contributed by atoms with Gasteiger partial charge in [0, 0.05) is 11.9 Å². The number of halogens is 2. The van der Waals surface area contributed by atoms with Crippen LogP contribution in [-0.4, -0.2) is 30.2 Å². The summed E-state index contributed by atoms with van der Waals surface area (Å²) < 4.78 is 47.2. The molecule has 1 aromatic rings. The van der Waals surface area contributed by atoms with Crippen LogP contribution in [0.5, 0.6) is 0 Å². The van der Waals surface area contributed by atoms with Crippen molar-refractivity contribution in [3.05, 3.63) is 17.5 Å². The van der Waals surface area contributed by atoms with Gasteiger partial charge in [-0.25, -0.2) is 13.2 Å². The van der Waals surface area contributed by atoms with E-state index in [4.69, 9.17) is 5.11 Å². The molecule has 1 heterocycles. The zero-order valence-electron chi connectivity index (χ0n) is 7.99. The third-order valence-corrected chi connectivity index (χ3v) is 2.75. The molecular weight excluding hydrogens is 246 g/mol.